The molecule has 2 aromatic heterocycles. The van der Waals surface area contributed by atoms with Crippen LogP contribution in [0.4, 0.5) is 0 Å². The van der Waals surface area contributed by atoms with Crippen LogP contribution >= 0.6 is 39.0 Å². The third-order valence-electron chi connectivity index (χ3n) is 4.45. The van der Waals surface area contributed by atoms with E-state index >= 15 is 0 Å². The third-order valence-corrected chi connectivity index (χ3v) is 9.33. The molecule has 0 spiro atoms. The van der Waals surface area contributed by atoms with Crippen molar-refractivity contribution in [2.45, 2.75) is 33.4 Å². The van der Waals surface area contributed by atoms with Crippen LogP contribution in [0, 0.1) is 5.92 Å². The molecule has 2 heterocycles. The Hall–Kier alpha value is -1.36. The van der Waals surface area contributed by atoms with Crippen molar-refractivity contribution in [2.75, 3.05) is 6.26 Å². The second-order valence-corrected chi connectivity index (χ2v) is 11.3. The number of hydrogen-bond acceptors (Lipinski definition) is 6. The Morgan fingerprint density at radius 1 is 1.41 bits per heavy atom. The summed E-state index contributed by atoms with van der Waals surface area (Å²) in [5, 5.41) is 9.21. The van der Waals surface area contributed by atoms with Crippen molar-refractivity contribution in [1.29, 1.82) is 0 Å². The maximum absolute atomic E-state index is 13.2. The lowest BCUT2D eigenvalue weighted by Gasteiger charge is -2.08. The lowest BCUT2D eigenvalue weighted by atomic mass is 10.3. The van der Waals surface area contributed by atoms with Gasteiger partial charge in [-0.25, -0.2) is 18.2 Å². The van der Waals surface area contributed by atoms with Crippen molar-refractivity contribution in [2.24, 2.45) is 5.92 Å². The molecule has 6 nitrogen and oxygen atoms in total. The number of rotatable bonds is 6. The molecule has 1 aliphatic rings. The van der Waals surface area contributed by atoms with E-state index in [9.17, 15) is 18.3 Å². The van der Waals surface area contributed by atoms with Gasteiger partial charge in [-0.05, 0) is 59.1 Å². The number of carbonyl (C=O) groups is 1. The topological polar surface area (TPSA) is 89.3 Å². The van der Waals surface area contributed by atoms with E-state index in [0.29, 0.717) is 20.1 Å². The molecule has 0 aliphatic heterocycles. The molecule has 1 aliphatic carbocycles. The van der Waals surface area contributed by atoms with E-state index in [1.165, 1.54) is 30.7 Å². The third kappa shape index (κ3) is 3.43. The summed E-state index contributed by atoms with van der Waals surface area (Å²) in [6.07, 6.45) is 5.90. The Labute approximate surface area is 172 Å². The van der Waals surface area contributed by atoms with Gasteiger partial charge in [0, 0.05) is 11.0 Å². The monoisotopic (exact) mass is 486 g/mol. The number of fused-ring (bicyclic) bond motifs is 1. The summed E-state index contributed by atoms with van der Waals surface area (Å²) in [5.74, 6) is -0.464. The summed E-state index contributed by atoms with van der Waals surface area (Å²) in [6, 6.07) is 4.37. The molecule has 1 N–H and O–H groups in total. The SMILES string of the molecule is CSc1sc(C(=O)O)cc1S(=O)(=O)c1cc(Br)c2c(c1)ncn2CC1CC1. The number of halogens is 1. The van der Waals surface area contributed by atoms with E-state index in [2.05, 4.69) is 20.9 Å². The molecular formula is C17H15BrN2O4S3. The van der Waals surface area contributed by atoms with Crippen LogP contribution < -0.4 is 0 Å². The number of sulfone groups is 1. The highest BCUT2D eigenvalue weighted by Crippen LogP contribution is 2.39. The number of carboxylic acid groups (broad SMARTS) is 1. The molecule has 1 aromatic carbocycles. The highest BCUT2D eigenvalue weighted by atomic mass is 79.9. The summed E-state index contributed by atoms with van der Waals surface area (Å²) < 4.78 is 29.5. The Bertz CT molecular complexity index is 1160. The minimum absolute atomic E-state index is 0.00628. The van der Waals surface area contributed by atoms with Gasteiger partial charge in [-0.15, -0.1) is 23.1 Å². The van der Waals surface area contributed by atoms with Gasteiger partial charge in [0.25, 0.3) is 0 Å². The van der Waals surface area contributed by atoms with E-state index in [0.717, 1.165) is 23.4 Å². The lowest BCUT2D eigenvalue weighted by molar-refractivity contribution is 0.0702. The van der Waals surface area contributed by atoms with Gasteiger partial charge in [-0.1, -0.05) is 0 Å². The van der Waals surface area contributed by atoms with Crippen molar-refractivity contribution in [1.82, 2.24) is 9.55 Å². The fourth-order valence-corrected chi connectivity index (χ4v) is 7.63. The summed E-state index contributed by atoms with van der Waals surface area (Å²) in [7, 11) is -3.86. The van der Waals surface area contributed by atoms with Gasteiger partial charge in [0.15, 0.2) is 0 Å². The average molecular weight is 487 g/mol. The molecule has 0 radical (unpaired) electrons. The van der Waals surface area contributed by atoms with Crippen molar-refractivity contribution in [3.63, 3.8) is 0 Å². The van der Waals surface area contributed by atoms with Crippen LogP contribution in [0.1, 0.15) is 22.5 Å². The Balaban J connectivity index is 1.82. The Morgan fingerprint density at radius 2 is 2.15 bits per heavy atom. The first-order chi connectivity index (χ1) is 12.8. The normalized spacial score (nSPS) is 14.7. The van der Waals surface area contributed by atoms with Crippen LogP contribution in [-0.4, -0.2) is 35.3 Å². The summed E-state index contributed by atoms with van der Waals surface area (Å²) in [5.41, 5.74) is 1.48. The van der Waals surface area contributed by atoms with Crippen LogP contribution in [0.25, 0.3) is 11.0 Å². The van der Waals surface area contributed by atoms with Crippen molar-refractivity contribution in [3.05, 3.63) is 33.9 Å². The molecular weight excluding hydrogens is 472 g/mol. The molecule has 0 saturated heterocycles. The zero-order chi connectivity index (χ0) is 19.3. The molecule has 3 aromatic rings. The fraction of sp³-hybridized carbons (Fsp3) is 0.294. The zero-order valence-corrected chi connectivity index (χ0v) is 18.2. The minimum atomic E-state index is -3.86. The molecule has 1 fully saturated rings. The molecule has 4 rings (SSSR count). The average Bonchev–Trinajstić information content (AvgIpc) is 3.16. The Kier molecular flexibility index (Phi) is 4.86. The molecule has 10 heteroatoms. The summed E-state index contributed by atoms with van der Waals surface area (Å²) in [6.45, 7) is 0.879. The second-order valence-electron chi connectivity index (χ2n) is 6.39. The van der Waals surface area contributed by atoms with Crippen molar-refractivity contribution >= 4 is 65.9 Å². The van der Waals surface area contributed by atoms with Gasteiger partial charge < -0.3 is 9.67 Å². The number of imidazole rings is 1. The van der Waals surface area contributed by atoms with E-state index in [-0.39, 0.29) is 14.7 Å². The first kappa shape index (κ1) is 19.0. The van der Waals surface area contributed by atoms with Gasteiger partial charge in [-0.3, -0.25) is 0 Å². The van der Waals surface area contributed by atoms with Gasteiger partial charge in [0.2, 0.25) is 9.84 Å². The number of carboxylic acids is 1. The highest BCUT2D eigenvalue weighted by molar-refractivity contribution is 9.10. The maximum atomic E-state index is 13.2. The Morgan fingerprint density at radius 3 is 2.78 bits per heavy atom. The van der Waals surface area contributed by atoms with Crippen LogP contribution in [0.3, 0.4) is 0 Å². The molecule has 27 heavy (non-hydrogen) atoms. The van der Waals surface area contributed by atoms with Crippen LogP contribution in [0.2, 0.25) is 0 Å². The van der Waals surface area contributed by atoms with Crippen LogP contribution in [0.15, 0.2) is 43.0 Å². The van der Waals surface area contributed by atoms with Crippen molar-refractivity contribution in [3.8, 4) is 0 Å². The zero-order valence-electron chi connectivity index (χ0n) is 14.2. The smallest absolute Gasteiger partial charge is 0.345 e. The number of aromatic nitrogens is 2. The van der Waals surface area contributed by atoms with Crippen LogP contribution in [-0.2, 0) is 16.4 Å². The quantitative estimate of drug-likeness (QED) is 0.515. The molecule has 0 atom stereocenters. The summed E-state index contributed by atoms with van der Waals surface area (Å²) in [4.78, 5) is 15.8. The first-order valence-electron chi connectivity index (χ1n) is 8.12. The van der Waals surface area contributed by atoms with E-state index in [1.807, 2.05) is 4.57 Å². The van der Waals surface area contributed by atoms with E-state index in [1.54, 1.807) is 24.7 Å². The molecule has 1 saturated carbocycles. The van der Waals surface area contributed by atoms with Gasteiger partial charge in [0.05, 0.1) is 31.4 Å². The maximum Gasteiger partial charge on any atom is 0.345 e. The number of thiophene rings is 1. The van der Waals surface area contributed by atoms with Gasteiger partial charge in [0.1, 0.15) is 4.88 Å². The van der Waals surface area contributed by atoms with Gasteiger partial charge >= 0.3 is 5.97 Å². The number of benzene rings is 1. The largest absolute Gasteiger partial charge is 0.477 e. The molecule has 0 amide bonds. The van der Waals surface area contributed by atoms with E-state index < -0.39 is 15.8 Å². The van der Waals surface area contributed by atoms with Crippen molar-refractivity contribution < 1.29 is 18.3 Å². The van der Waals surface area contributed by atoms with E-state index in [4.69, 9.17) is 0 Å². The lowest BCUT2D eigenvalue weighted by Crippen LogP contribution is -2.03. The summed E-state index contributed by atoms with van der Waals surface area (Å²) >= 11 is 5.69. The second kappa shape index (κ2) is 6.91. The first-order valence-corrected chi connectivity index (χ1v) is 12.4. The van der Waals surface area contributed by atoms with Crippen LogP contribution in [0.5, 0.6) is 0 Å². The number of thioether (sulfide) groups is 1. The highest BCUT2D eigenvalue weighted by Gasteiger charge is 2.28. The number of nitrogens with zero attached hydrogens (tertiary/aromatic N) is 2. The minimum Gasteiger partial charge on any atom is -0.477 e. The predicted molar refractivity (Wildman–Crippen MR) is 109 cm³/mol. The standard InChI is InChI=1S/C17H15BrN2O4S3/c1-25-17-14(6-13(26-17)16(21)22)27(23,24)10-4-11(18)15-12(5-10)19-8-20(15)7-9-2-3-9/h4-6,8-9H,2-3,7H2,1H3,(H,21,22). The number of aromatic carboxylic acids is 1. The predicted octanol–water partition coefficient (Wildman–Crippen LogP) is 4.52. The molecule has 0 unspecified atom stereocenters. The molecule has 142 valence electrons. The molecule has 0 bridgehead atoms. The fourth-order valence-electron chi connectivity index (χ4n) is 2.92. The van der Waals surface area contributed by atoms with Gasteiger partial charge in [-0.2, -0.15) is 0 Å². The number of hydrogen-bond donors (Lipinski definition) is 1.